The highest BCUT2D eigenvalue weighted by atomic mass is 35.5. The molecule has 102 valence electrons. The lowest BCUT2D eigenvalue weighted by Crippen LogP contribution is -2.22. The van der Waals surface area contributed by atoms with Gasteiger partial charge in [-0.25, -0.2) is 4.98 Å². The maximum absolute atomic E-state index is 6.10. The zero-order valence-corrected chi connectivity index (χ0v) is 12.3. The largest absolute Gasteiger partial charge is 0.476 e. The molecular formula is C13H22ClN3O. The van der Waals surface area contributed by atoms with E-state index in [0.717, 1.165) is 18.7 Å². The van der Waals surface area contributed by atoms with Gasteiger partial charge in [0.15, 0.2) is 0 Å². The van der Waals surface area contributed by atoms with Gasteiger partial charge in [-0.05, 0) is 19.7 Å². The van der Waals surface area contributed by atoms with E-state index in [9.17, 15) is 0 Å². The van der Waals surface area contributed by atoms with Gasteiger partial charge in [0, 0.05) is 31.4 Å². The molecule has 4 nitrogen and oxygen atoms in total. The Hall–Kier alpha value is -0.840. The summed E-state index contributed by atoms with van der Waals surface area (Å²) in [4.78, 5) is 6.23. The van der Waals surface area contributed by atoms with Crippen molar-refractivity contribution in [2.24, 2.45) is 0 Å². The van der Waals surface area contributed by atoms with E-state index in [0.29, 0.717) is 23.6 Å². The summed E-state index contributed by atoms with van der Waals surface area (Å²) in [5.41, 5.74) is 1.01. The summed E-state index contributed by atoms with van der Waals surface area (Å²) in [6, 6.07) is 2.32. The minimum absolute atomic E-state index is 0.423. The average Bonchev–Trinajstić information content (AvgIpc) is 2.29. The maximum Gasteiger partial charge on any atom is 0.213 e. The highest BCUT2D eigenvalue weighted by Gasteiger charge is 2.05. The fourth-order valence-corrected chi connectivity index (χ4v) is 1.49. The van der Waals surface area contributed by atoms with Gasteiger partial charge in [-0.2, -0.15) is 0 Å². The van der Waals surface area contributed by atoms with Crippen LogP contribution in [0.3, 0.4) is 0 Å². The molecular weight excluding hydrogens is 250 g/mol. The zero-order valence-electron chi connectivity index (χ0n) is 11.5. The van der Waals surface area contributed by atoms with Crippen LogP contribution in [0, 0.1) is 0 Å². The van der Waals surface area contributed by atoms with Gasteiger partial charge in [0.2, 0.25) is 5.88 Å². The number of pyridine rings is 1. The number of ether oxygens (including phenoxy) is 1. The third kappa shape index (κ3) is 5.67. The summed E-state index contributed by atoms with van der Waals surface area (Å²) >= 11 is 6.10. The van der Waals surface area contributed by atoms with Crippen molar-refractivity contribution in [3.8, 4) is 5.88 Å². The first-order valence-electron chi connectivity index (χ1n) is 6.14. The lowest BCUT2D eigenvalue weighted by Gasteiger charge is -2.13. The Morgan fingerprint density at radius 1 is 1.44 bits per heavy atom. The van der Waals surface area contributed by atoms with Crippen LogP contribution in [0.1, 0.15) is 19.4 Å². The summed E-state index contributed by atoms with van der Waals surface area (Å²) in [6.45, 7) is 6.42. The first-order chi connectivity index (χ1) is 8.49. The van der Waals surface area contributed by atoms with E-state index in [1.807, 2.05) is 20.2 Å². The molecule has 0 saturated heterocycles. The first kappa shape index (κ1) is 15.2. The molecule has 1 heterocycles. The van der Waals surface area contributed by atoms with E-state index < -0.39 is 0 Å². The molecule has 0 aliphatic rings. The number of nitrogens with zero attached hydrogens (tertiary/aromatic N) is 2. The molecule has 0 amide bonds. The quantitative estimate of drug-likeness (QED) is 0.825. The molecule has 0 aliphatic carbocycles. The van der Waals surface area contributed by atoms with Gasteiger partial charge < -0.3 is 15.0 Å². The van der Waals surface area contributed by atoms with Gasteiger partial charge >= 0.3 is 0 Å². The SMILES string of the molecule is CC(C)NCc1cc(OCCN(C)C)ncc1Cl. The number of hydrogen-bond donors (Lipinski definition) is 1. The van der Waals surface area contributed by atoms with Gasteiger partial charge in [0.25, 0.3) is 0 Å². The summed E-state index contributed by atoms with van der Waals surface area (Å²) in [6.07, 6.45) is 1.64. The van der Waals surface area contributed by atoms with Crippen molar-refractivity contribution in [2.45, 2.75) is 26.4 Å². The fraction of sp³-hybridized carbons (Fsp3) is 0.615. The van der Waals surface area contributed by atoms with Crippen LogP contribution in [0.15, 0.2) is 12.3 Å². The second-order valence-corrected chi connectivity index (χ2v) is 5.21. The predicted octanol–water partition coefficient (Wildman–Crippen LogP) is 2.17. The summed E-state index contributed by atoms with van der Waals surface area (Å²) in [5.74, 6) is 0.627. The van der Waals surface area contributed by atoms with E-state index >= 15 is 0 Å². The number of rotatable bonds is 7. The van der Waals surface area contributed by atoms with E-state index in [-0.39, 0.29) is 0 Å². The first-order valence-corrected chi connectivity index (χ1v) is 6.52. The van der Waals surface area contributed by atoms with Crippen LogP contribution in [0.4, 0.5) is 0 Å². The smallest absolute Gasteiger partial charge is 0.213 e. The molecule has 0 atom stereocenters. The Morgan fingerprint density at radius 3 is 2.78 bits per heavy atom. The Kier molecular flexibility index (Phi) is 6.39. The molecule has 0 radical (unpaired) electrons. The van der Waals surface area contributed by atoms with Crippen LogP contribution in [-0.4, -0.2) is 43.2 Å². The van der Waals surface area contributed by atoms with Crippen molar-refractivity contribution < 1.29 is 4.74 Å². The fourth-order valence-electron chi connectivity index (χ4n) is 1.32. The summed E-state index contributed by atoms with van der Waals surface area (Å²) in [5, 5.41) is 4.00. The predicted molar refractivity (Wildman–Crippen MR) is 75.3 cm³/mol. The number of nitrogens with one attached hydrogen (secondary N) is 1. The lowest BCUT2D eigenvalue weighted by atomic mass is 10.2. The van der Waals surface area contributed by atoms with Crippen molar-refractivity contribution in [2.75, 3.05) is 27.2 Å². The highest BCUT2D eigenvalue weighted by Crippen LogP contribution is 2.19. The molecule has 0 saturated carbocycles. The van der Waals surface area contributed by atoms with E-state index in [1.54, 1.807) is 6.20 Å². The standard InChI is InChI=1S/C13H22ClN3O/c1-10(2)15-8-11-7-13(16-9-12(11)14)18-6-5-17(3)4/h7,9-10,15H,5-6,8H2,1-4H3. The topological polar surface area (TPSA) is 37.4 Å². The van der Waals surface area contributed by atoms with Crippen LogP contribution < -0.4 is 10.1 Å². The summed E-state index contributed by atoms with van der Waals surface area (Å²) < 4.78 is 5.58. The van der Waals surface area contributed by atoms with Crippen LogP contribution in [-0.2, 0) is 6.54 Å². The van der Waals surface area contributed by atoms with Gasteiger partial charge in [-0.3, -0.25) is 0 Å². The van der Waals surface area contributed by atoms with Crippen molar-refractivity contribution in [1.29, 1.82) is 0 Å². The molecule has 0 aromatic carbocycles. The lowest BCUT2D eigenvalue weighted by molar-refractivity contribution is 0.253. The Labute approximate surface area is 114 Å². The molecule has 0 unspecified atom stereocenters. The van der Waals surface area contributed by atoms with Crippen molar-refractivity contribution in [3.63, 3.8) is 0 Å². The molecule has 1 rings (SSSR count). The van der Waals surface area contributed by atoms with E-state index in [2.05, 4.69) is 29.0 Å². The second-order valence-electron chi connectivity index (χ2n) is 4.80. The minimum atomic E-state index is 0.423. The normalized spacial score (nSPS) is 11.3. The second kappa shape index (κ2) is 7.56. The van der Waals surface area contributed by atoms with Gasteiger partial charge in [-0.15, -0.1) is 0 Å². The number of halogens is 1. The zero-order chi connectivity index (χ0) is 13.5. The van der Waals surface area contributed by atoms with Crippen LogP contribution in [0.5, 0.6) is 5.88 Å². The molecule has 5 heteroatoms. The molecule has 1 aromatic heterocycles. The van der Waals surface area contributed by atoms with E-state index in [1.165, 1.54) is 0 Å². The average molecular weight is 272 g/mol. The Balaban J connectivity index is 2.56. The molecule has 0 bridgehead atoms. The molecule has 1 aromatic rings. The van der Waals surface area contributed by atoms with Gasteiger partial charge in [0.05, 0.1) is 5.02 Å². The van der Waals surface area contributed by atoms with E-state index in [4.69, 9.17) is 16.3 Å². The molecule has 18 heavy (non-hydrogen) atoms. The number of hydrogen-bond acceptors (Lipinski definition) is 4. The Bertz CT molecular complexity index is 369. The number of likely N-dealkylation sites (N-methyl/N-ethyl adjacent to an activating group) is 1. The Morgan fingerprint density at radius 2 is 2.17 bits per heavy atom. The molecule has 0 spiro atoms. The molecule has 0 fully saturated rings. The molecule has 0 aliphatic heterocycles. The third-order valence-corrected chi connectivity index (χ3v) is 2.74. The van der Waals surface area contributed by atoms with Crippen molar-refractivity contribution in [3.05, 3.63) is 22.8 Å². The van der Waals surface area contributed by atoms with Crippen molar-refractivity contribution >= 4 is 11.6 Å². The molecule has 1 N–H and O–H groups in total. The maximum atomic E-state index is 6.10. The monoisotopic (exact) mass is 271 g/mol. The van der Waals surface area contributed by atoms with Crippen molar-refractivity contribution in [1.82, 2.24) is 15.2 Å². The van der Waals surface area contributed by atoms with Crippen LogP contribution in [0.25, 0.3) is 0 Å². The summed E-state index contributed by atoms with van der Waals surface area (Å²) in [7, 11) is 4.02. The van der Waals surface area contributed by atoms with Crippen LogP contribution >= 0.6 is 11.6 Å². The van der Waals surface area contributed by atoms with Gasteiger partial charge in [0.1, 0.15) is 6.61 Å². The van der Waals surface area contributed by atoms with Crippen LogP contribution in [0.2, 0.25) is 5.02 Å². The van der Waals surface area contributed by atoms with Gasteiger partial charge in [-0.1, -0.05) is 25.4 Å². The minimum Gasteiger partial charge on any atom is -0.476 e. The number of aromatic nitrogens is 1. The highest BCUT2D eigenvalue weighted by molar-refractivity contribution is 6.31. The third-order valence-electron chi connectivity index (χ3n) is 2.40.